The van der Waals surface area contributed by atoms with Crippen LogP contribution in [0.1, 0.15) is 67.7 Å². The lowest BCUT2D eigenvalue weighted by Crippen LogP contribution is -2.53. The van der Waals surface area contributed by atoms with Gasteiger partial charge in [-0.15, -0.1) is 0 Å². The molecule has 0 amide bonds. The summed E-state index contributed by atoms with van der Waals surface area (Å²) in [5.74, 6) is 0.439. The molecule has 1 heterocycles. The Morgan fingerprint density at radius 2 is 1.90 bits per heavy atom. The minimum Gasteiger partial charge on any atom is -0.459 e. The smallest absolute Gasteiger partial charge is 0.329 e. The number of hydroxylamine groups is 2. The van der Waals surface area contributed by atoms with E-state index in [2.05, 4.69) is 20.8 Å². The highest BCUT2D eigenvalue weighted by molar-refractivity contribution is 5.81. The average Bonchev–Trinajstić information content (AvgIpc) is 2.58. The molecule has 0 aliphatic carbocycles. The van der Waals surface area contributed by atoms with Crippen molar-refractivity contribution in [2.45, 2.75) is 78.9 Å². The van der Waals surface area contributed by atoms with Crippen molar-refractivity contribution < 1.29 is 14.4 Å². The first-order valence-electron chi connectivity index (χ1n) is 8.27. The average molecular weight is 299 g/mol. The van der Waals surface area contributed by atoms with Crippen LogP contribution in [0.3, 0.4) is 0 Å². The molecular weight excluding hydrogens is 266 g/mol. The maximum atomic E-state index is 12.7. The number of hydrogen-bond donors (Lipinski definition) is 0. The molecule has 3 unspecified atom stereocenters. The molecule has 0 aromatic heterocycles. The van der Waals surface area contributed by atoms with Crippen LogP contribution in [0.4, 0.5) is 0 Å². The number of unbranched alkanes of at least 4 members (excludes halogenated alkanes) is 2. The predicted molar refractivity (Wildman–Crippen MR) is 84.8 cm³/mol. The van der Waals surface area contributed by atoms with Gasteiger partial charge < -0.3 is 4.74 Å². The van der Waals surface area contributed by atoms with Gasteiger partial charge in [-0.1, -0.05) is 33.6 Å². The highest BCUT2D eigenvalue weighted by Gasteiger charge is 2.54. The van der Waals surface area contributed by atoms with E-state index in [1.54, 1.807) is 0 Å². The van der Waals surface area contributed by atoms with Crippen LogP contribution in [0.25, 0.3) is 0 Å². The van der Waals surface area contributed by atoms with Gasteiger partial charge in [0, 0.05) is 6.54 Å². The molecule has 4 heteroatoms. The molecule has 0 N–H and O–H groups in total. The lowest BCUT2D eigenvalue weighted by molar-refractivity contribution is -0.224. The first-order valence-corrected chi connectivity index (χ1v) is 8.27. The molecule has 0 spiro atoms. The fraction of sp³-hybridized carbons (Fsp3) is 0.941. The number of nitrogens with zero attached hydrogens (tertiary/aromatic N) is 1. The van der Waals surface area contributed by atoms with Gasteiger partial charge in [0.2, 0.25) is 0 Å². The number of ether oxygens (including phenoxy) is 1. The second-order valence-corrected chi connectivity index (χ2v) is 7.52. The quantitative estimate of drug-likeness (QED) is 0.552. The molecule has 1 fully saturated rings. The van der Waals surface area contributed by atoms with E-state index in [0.717, 1.165) is 19.4 Å². The van der Waals surface area contributed by atoms with Crippen molar-refractivity contribution in [2.24, 2.45) is 11.8 Å². The Balaban J connectivity index is 2.78. The number of carbonyl (C=O) groups excluding carboxylic acids is 1. The maximum absolute atomic E-state index is 12.7. The first kappa shape index (κ1) is 18.4. The molecule has 0 aromatic rings. The minimum absolute atomic E-state index is 0.178. The van der Waals surface area contributed by atoms with E-state index in [0.29, 0.717) is 12.5 Å². The van der Waals surface area contributed by atoms with E-state index in [-0.39, 0.29) is 11.9 Å². The molecule has 124 valence electrons. The van der Waals surface area contributed by atoms with E-state index >= 15 is 0 Å². The monoisotopic (exact) mass is 299 g/mol. The van der Waals surface area contributed by atoms with Crippen molar-refractivity contribution in [3.8, 4) is 0 Å². The Hall–Kier alpha value is -0.610. The molecule has 0 bridgehead atoms. The molecule has 3 atom stereocenters. The fourth-order valence-corrected chi connectivity index (χ4v) is 2.77. The van der Waals surface area contributed by atoms with Crippen LogP contribution in [0, 0.1) is 11.8 Å². The van der Waals surface area contributed by atoms with Crippen molar-refractivity contribution in [3.63, 3.8) is 0 Å². The molecule has 4 nitrogen and oxygen atoms in total. The zero-order valence-electron chi connectivity index (χ0n) is 14.9. The number of carbonyl (C=O) groups is 1. The summed E-state index contributed by atoms with van der Waals surface area (Å²) in [5, 5.41) is 1.87. The topological polar surface area (TPSA) is 38.8 Å². The van der Waals surface area contributed by atoms with E-state index in [1.807, 2.05) is 32.8 Å². The van der Waals surface area contributed by atoms with Crippen LogP contribution >= 0.6 is 0 Å². The molecule has 0 radical (unpaired) electrons. The van der Waals surface area contributed by atoms with Gasteiger partial charge in [0.1, 0.15) is 11.1 Å². The zero-order chi connectivity index (χ0) is 16.3. The molecule has 1 aliphatic rings. The SMILES string of the molecule is CCCCCON1CC(C)C(C)C1(C)C(=O)OC(C)(C)C. The standard InChI is InChI=1S/C17H33NO3/c1-8-9-10-11-20-18-12-13(2)14(3)17(18,7)15(19)21-16(4,5)6/h13-14H,8-12H2,1-7H3. The van der Waals surface area contributed by atoms with Gasteiger partial charge in [-0.25, -0.2) is 4.79 Å². The van der Waals surface area contributed by atoms with Crippen molar-refractivity contribution in [1.29, 1.82) is 0 Å². The van der Waals surface area contributed by atoms with Gasteiger partial charge in [-0.2, -0.15) is 5.06 Å². The summed E-state index contributed by atoms with van der Waals surface area (Å²) in [6.45, 7) is 15.6. The van der Waals surface area contributed by atoms with Gasteiger partial charge >= 0.3 is 5.97 Å². The highest BCUT2D eigenvalue weighted by Crippen LogP contribution is 2.40. The van der Waals surface area contributed by atoms with Crippen LogP contribution < -0.4 is 0 Å². The maximum Gasteiger partial charge on any atom is 0.329 e. The van der Waals surface area contributed by atoms with E-state index in [1.165, 1.54) is 6.42 Å². The third-order valence-corrected chi connectivity index (χ3v) is 4.52. The van der Waals surface area contributed by atoms with Crippen molar-refractivity contribution in [3.05, 3.63) is 0 Å². The van der Waals surface area contributed by atoms with Crippen LogP contribution in [0.2, 0.25) is 0 Å². The van der Waals surface area contributed by atoms with Gasteiger partial charge in [0.25, 0.3) is 0 Å². The summed E-state index contributed by atoms with van der Waals surface area (Å²) in [7, 11) is 0. The second-order valence-electron chi connectivity index (χ2n) is 7.52. The Kier molecular flexibility index (Phi) is 6.23. The number of rotatable bonds is 6. The minimum atomic E-state index is -0.696. The summed E-state index contributed by atoms with van der Waals surface area (Å²) in [5.41, 5.74) is -1.17. The summed E-state index contributed by atoms with van der Waals surface area (Å²) >= 11 is 0. The van der Waals surface area contributed by atoms with Gasteiger partial charge in [0.15, 0.2) is 0 Å². The summed E-state index contributed by atoms with van der Waals surface area (Å²) in [6.07, 6.45) is 3.35. The summed E-state index contributed by atoms with van der Waals surface area (Å²) in [4.78, 5) is 18.6. The van der Waals surface area contributed by atoms with Gasteiger partial charge in [-0.3, -0.25) is 4.84 Å². The van der Waals surface area contributed by atoms with Crippen molar-refractivity contribution >= 4 is 5.97 Å². The highest BCUT2D eigenvalue weighted by atomic mass is 16.7. The molecule has 1 aliphatic heterocycles. The first-order chi connectivity index (χ1) is 9.63. The third kappa shape index (κ3) is 4.43. The molecular formula is C17H33NO3. The fourth-order valence-electron chi connectivity index (χ4n) is 2.77. The van der Waals surface area contributed by atoms with Crippen LogP contribution in [-0.2, 0) is 14.4 Å². The third-order valence-electron chi connectivity index (χ3n) is 4.52. The Morgan fingerprint density at radius 3 is 2.43 bits per heavy atom. The Bertz CT molecular complexity index is 350. The lowest BCUT2D eigenvalue weighted by Gasteiger charge is -2.37. The van der Waals surface area contributed by atoms with E-state index in [9.17, 15) is 4.79 Å². The largest absolute Gasteiger partial charge is 0.459 e. The number of hydrogen-bond acceptors (Lipinski definition) is 4. The normalized spacial score (nSPS) is 30.6. The van der Waals surface area contributed by atoms with Crippen LogP contribution in [0.5, 0.6) is 0 Å². The zero-order valence-corrected chi connectivity index (χ0v) is 14.9. The molecule has 1 rings (SSSR count). The van der Waals surface area contributed by atoms with Crippen LogP contribution in [-0.4, -0.2) is 35.3 Å². The summed E-state index contributed by atoms with van der Waals surface area (Å²) < 4.78 is 5.64. The Labute approximate surface area is 130 Å². The van der Waals surface area contributed by atoms with E-state index in [4.69, 9.17) is 9.57 Å². The van der Waals surface area contributed by atoms with Crippen molar-refractivity contribution in [1.82, 2.24) is 5.06 Å². The lowest BCUT2D eigenvalue weighted by atomic mass is 9.83. The van der Waals surface area contributed by atoms with Gasteiger partial charge in [-0.05, 0) is 46.0 Å². The molecule has 21 heavy (non-hydrogen) atoms. The van der Waals surface area contributed by atoms with Crippen molar-refractivity contribution in [2.75, 3.05) is 13.2 Å². The molecule has 0 aromatic carbocycles. The molecule has 1 saturated heterocycles. The van der Waals surface area contributed by atoms with Crippen LogP contribution in [0.15, 0.2) is 0 Å². The second kappa shape index (κ2) is 7.10. The van der Waals surface area contributed by atoms with E-state index < -0.39 is 11.1 Å². The Morgan fingerprint density at radius 1 is 1.29 bits per heavy atom. The predicted octanol–water partition coefficient (Wildman–Crippen LogP) is 3.80. The molecule has 0 saturated carbocycles. The summed E-state index contributed by atoms with van der Waals surface area (Å²) in [6, 6.07) is 0. The van der Waals surface area contributed by atoms with Gasteiger partial charge in [0.05, 0.1) is 6.61 Å². The number of esters is 1.